The molecule has 2 aromatic carbocycles. The van der Waals surface area contributed by atoms with Crippen molar-refractivity contribution < 1.29 is 37.3 Å². The molecule has 1 heterocycles. The van der Waals surface area contributed by atoms with Gasteiger partial charge in [-0.1, -0.05) is 23.7 Å². The molecule has 0 radical (unpaired) electrons. The predicted octanol–water partition coefficient (Wildman–Crippen LogP) is 5.68. The molecule has 41 heavy (non-hydrogen) atoms. The predicted molar refractivity (Wildman–Crippen MR) is 148 cm³/mol. The summed E-state index contributed by atoms with van der Waals surface area (Å²) in [7, 11) is 4.63. The maximum absolute atomic E-state index is 14.1. The summed E-state index contributed by atoms with van der Waals surface area (Å²) in [5, 5.41) is 11.1. The van der Waals surface area contributed by atoms with Gasteiger partial charge < -0.3 is 24.4 Å². The Bertz CT molecular complexity index is 1240. The molecule has 7 nitrogen and oxygen atoms in total. The van der Waals surface area contributed by atoms with Crippen LogP contribution in [0.4, 0.5) is 13.2 Å². The molecule has 2 amide bonds. The Morgan fingerprint density at radius 2 is 1.59 bits per heavy atom. The standard InChI is InChI=1S/C30H36ClF3N2O5/c1-35(2)27(37)25-12-11-24(18-26(25)31)41-22-9-7-19(8-10-22)20-13-15-36(16-14-20)28(38)29(39,30(32,33)34)21-5-4-6-23(17-21)40-3/h4-6,11-12,17-20,22,39H,7-10,13-16H2,1-3H3. The van der Waals surface area contributed by atoms with E-state index >= 15 is 0 Å². The highest BCUT2D eigenvalue weighted by Gasteiger charge is 2.62. The van der Waals surface area contributed by atoms with E-state index in [0.29, 0.717) is 35.1 Å². The molecule has 1 unspecified atom stereocenters. The average Bonchev–Trinajstić information content (AvgIpc) is 2.96. The Kier molecular flexibility index (Phi) is 9.43. The number of methoxy groups -OCH3 is 1. The van der Waals surface area contributed by atoms with Gasteiger partial charge in [-0.3, -0.25) is 9.59 Å². The summed E-state index contributed by atoms with van der Waals surface area (Å²) in [6, 6.07) is 9.97. The number of alkyl halides is 3. The van der Waals surface area contributed by atoms with E-state index in [2.05, 4.69) is 0 Å². The van der Waals surface area contributed by atoms with E-state index in [0.717, 1.165) is 42.7 Å². The Labute approximate surface area is 243 Å². The van der Waals surface area contributed by atoms with Crippen molar-refractivity contribution in [1.29, 1.82) is 0 Å². The highest BCUT2D eigenvalue weighted by atomic mass is 35.5. The number of carbonyl (C=O) groups excluding carboxylic acids is 2. The minimum absolute atomic E-state index is 0.00374. The normalized spacial score (nSPS) is 21.6. The minimum Gasteiger partial charge on any atom is -0.497 e. The summed E-state index contributed by atoms with van der Waals surface area (Å²) in [5.74, 6) is -0.147. The molecule has 0 aromatic heterocycles. The van der Waals surface area contributed by atoms with E-state index in [9.17, 15) is 27.9 Å². The molecule has 1 aliphatic heterocycles. The molecule has 2 aromatic rings. The van der Waals surface area contributed by atoms with Gasteiger partial charge in [-0.25, -0.2) is 0 Å². The molecule has 224 valence electrons. The first-order valence-corrected chi connectivity index (χ1v) is 14.1. The fourth-order valence-corrected chi connectivity index (χ4v) is 6.16. The Balaban J connectivity index is 1.32. The third-order valence-electron chi connectivity index (χ3n) is 8.30. The summed E-state index contributed by atoms with van der Waals surface area (Å²) in [5.41, 5.74) is -3.80. The number of amides is 2. The quantitative estimate of drug-likeness (QED) is 0.445. The van der Waals surface area contributed by atoms with Crippen molar-refractivity contribution in [2.75, 3.05) is 34.3 Å². The Hall–Kier alpha value is -2.98. The van der Waals surface area contributed by atoms with Crippen molar-refractivity contribution in [3.8, 4) is 11.5 Å². The van der Waals surface area contributed by atoms with Crippen LogP contribution in [0, 0.1) is 11.8 Å². The number of hydrogen-bond donors (Lipinski definition) is 1. The van der Waals surface area contributed by atoms with Gasteiger partial charge in [0, 0.05) is 32.7 Å². The van der Waals surface area contributed by atoms with Gasteiger partial charge in [-0.2, -0.15) is 13.2 Å². The number of likely N-dealkylation sites (tertiary alicyclic amines) is 1. The van der Waals surface area contributed by atoms with E-state index < -0.39 is 23.2 Å². The van der Waals surface area contributed by atoms with Gasteiger partial charge in [0.1, 0.15) is 11.5 Å². The number of piperidine rings is 1. The number of rotatable bonds is 7. The lowest BCUT2D eigenvalue weighted by Gasteiger charge is -2.41. The molecule has 1 N–H and O–H groups in total. The first kappa shape index (κ1) is 31.0. The van der Waals surface area contributed by atoms with Crippen LogP contribution in [0.1, 0.15) is 54.4 Å². The summed E-state index contributed by atoms with van der Waals surface area (Å²) < 4.78 is 53.5. The topological polar surface area (TPSA) is 79.3 Å². The van der Waals surface area contributed by atoms with Crippen LogP contribution in [0.25, 0.3) is 0 Å². The zero-order chi connectivity index (χ0) is 29.9. The van der Waals surface area contributed by atoms with Gasteiger partial charge in [0.2, 0.25) is 0 Å². The average molecular weight is 597 g/mol. The maximum Gasteiger partial charge on any atom is 0.430 e. The van der Waals surface area contributed by atoms with Crippen LogP contribution in [0.15, 0.2) is 42.5 Å². The smallest absolute Gasteiger partial charge is 0.430 e. The van der Waals surface area contributed by atoms with Crippen LogP contribution in [0.2, 0.25) is 5.02 Å². The van der Waals surface area contributed by atoms with Gasteiger partial charge >= 0.3 is 6.18 Å². The molecule has 4 rings (SSSR count). The van der Waals surface area contributed by atoms with Gasteiger partial charge in [0.25, 0.3) is 17.4 Å². The third-order valence-corrected chi connectivity index (χ3v) is 8.61. The molecule has 0 spiro atoms. The second kappa shape index (κ2) is 12.5. The molecule has 2 aliphatic rings. The molecule has 2 fully saturated rings. The zero-order valence-corrected chi connectivity index (χ0v) is 24.2. The van der Waals surface area contributed by atoms with Crippen LogP contribution < -0.4 is 9.47 Å². The van der Waals surface area contributed by atoms with Crippen molar-refractivity contribution in [3.63, 3.8) is 0 Å². The number of nitrogens with zero attached hydrogens (tertiary/aromatic N) is 2. The molecule has 1 saturated carbocycles. The lowest BCUT2D eigenvalue weighted by molar-refractivity contribution is -0.262. The van der Waals surface area contributed by atoms with E-state index in [4.69, 9.17) is 21.1 Å². The largest absolute Gasteiger partial charge is 0.497 e. The van der Waals surface area contributed by atoms with Crippen LogP contribution in [-0.2, 0) is 10.4 Å². The lowest BCUT2D eigenvalue weighted by atomic mass is 9.75. The summed E-state index contributed by atoms with van der Waals surface area (Å²) in [6.07, 6.45) is -0.584. The summed E-state index contributed by atoms with van der Waals surface area (Å²) in [4.78, 5) is 27.9. The van der Waals surface area contributed by atoms with E-state index in [-0.39, 0.29) is 36.8 Å². The molecule has 1 aliphatic carbocycles. The second-order valence-corrected chi connectivity index (χ2v) is 11.5. The summed E-state index contributed by atoms with van der Waals surface area (Å²) in [6.45, 7) is 0.303. The van der Waals surface area contributed by atoms with Crippen molar-refractivity contribution in [2.24, 2.45) is 11.8 Å². The SMILES string of the molecule is COc1cccc(C(O)(C(=O)N2CCC(C3CCC(Oc4ccc(C(=O)N(C)C)c(Cl)c4)CC3)CC2)C(F)(F)F)c1. The second-order valence-electron chi connectivity index (χ2n) is 11.1. The highest BCUT2D eigenvalue weighted by molar-refractivity contribution is 6.34. The van der Waals surface area contributed by atoms with Crippen LogP contribution in [0.5, 0.6) is 11.5 Å². The van der Waals surface area contributed by atoms with Gasteiger partial charge in [0.05, 0.1) is 23.8 Å². The van der Waals surface area contributed by atoms with Crippen LogP contribution in [-0.4, -0.2) is 73.3 Å². The highest BCUT2D eigenvalue weighted by Crippen LogP contribution is 2.43. The number of halogens is 4. The molecular weight excluding hydrogens is 561 g/mol. The van der Waals surface area contributed by atoms with Crippen molar-refractivity contribution in [3.05, 3.63) is 58.6 Å². The Morgan fingerprint density at radius 1 is 0.951 bits per heavy atom. The summed E-state index contributed by atoms with van der Waals surface area (Å²) >= 11 is 6.31. The minimum atomic E-state index is -5.20. The zero-order valence-electron chi connectivity index (χ0n) is 23.4. The third kappa shape index (κ3) is 6.59. The van der Waals surface area contributed by atoms with E-state index in [1.165, 1.54) is 24.1 Å². The van der Waals surface area contributed by atoms with Gasteiger partial charge in [0.15, 0.2) is 0 Å². The first-order valence-electron chi connectivity index (χ1n) is 13.8. The fraction of sp³-hybridized carbons (Fsp3) is 0.533. The number of aliphatic hydroxyl groups is 1. The van der Waals surface area contributed by atoms with Crippen LogP contribution >= 0.6 is 11.6 Å². The number of ether oxygens (including phenoxy) is 2. The maximum atomic E-state index is 14.1. The first-order chi connectivity index (χ1) is 19.3. The van der Waals surface area contributed by atoms with Crippen molar-refractivity contribution in [2.45, 2.75) is 56.4 Å². The van der Waals surface area contributed by atoms with Crippen LogP contribution in [0.3, 0.4) is 0 Å². The number of hydrogen-bond acceptors (Lipinski definition) is 5. The monoisotopic (exact) mass is 596 g/mol. The van der Waals surface area contributed by atoms with Crippen molar-refractivity contribution >= 4 is 23.4 Å². The fourth-order valence-electron chi connectivity index (χ4n) is 5.91. The van der Waals surface area contributed by atoms with Crippen molar-refractivity contribution in [1.82, 2.24) is 9.80 Å². The molecule has 1 saturated heterocycles. The number of carbonyl (C=O) groups is 2. The molecule has 11 heteroatoms. The lowest BCUT2D eigenvalue weighted by Crippen LogP contribution is -2.57. The van der Waals surface area contributed by atoms with E-state index in [1.54, 1.807) is 32.3 Å². The van der Waals surface area contributed by atoms with Gasteiger partial charge in [-0.05, 0) is 80.7 Å². The van der Waals surface area contributed by atoms with Gasteiger partial charge in [-0.15, -0.1) is 0 Å². The molecule has 1 atom stereocenters. The Morgan fingerprint density at radius 3 is 2.15 bits per heavy atom. The number of benzene rings is 2. The van der Waals surface area contributed by atoms with E-state index in [1.807, 2.05) is 0 Å². The molecule has 0 bridgehead atoms. The molecular formula is C30H36ClF3N2O5.